The minimum Gasteiger partial charge on any atom is -0.343 e. The van der Waals surface area contributed by atoms with Crippen LogP contribution in [0.25, 0.3) is 10.9 Å². The zero-order chi connectivity index (χ0) is 14.1. The Kier molecular flexibility index (Phi) is 3.04. The fraction of sp³-hybridized carbons (Fsp3) is 0.167. The van der Waals surface area contributed by atoms with Crippen molar-refractivity contribution < 1.29 is 0 Å². The molecule has 0 unspecified atom stereocenters. The van der Waals surface area contributed by atoms with Crippen molar-refractivity contribution in [3.63, 3.8) is 0 Å². The van der Waals surface area contributed by atoms with E-state index in [9.17, 15) is 0 Å². The molecule has 1 aromatic heterocycles. The lowest BCUT2D eigenvalue weighted by Gasteiger charge is -2.08. The van der Waals surface area contributed by atoms with Crippen molar-refractivity contribution in [2.24, 2.45) is 0 Å². The van der Waals surface area contributed by atoms with Gasteiger partial charge in [-0.2, -0.15) is 5.26 Å². The second-order valence-corrected chi connectivity index (χ2v) is 5.25. The maximum absolute atomic E-state index is 9.02. The molecule has 0 saturated carbocycles. The number of fused-ring (bicyclic) bond motifs is 1. The van der Waals surface area contributed by atoms with E-state index in [4.69, 9.17) is 5.26 Å². The molecule has 1 heterocycles. The van der Waals surface area contributed by atoms with E-state index in [0.29, 0.717) is 5.56 Å². The Morgan fingerprint density at radius 1 is 1.00 bits per heavy atom. The molecule has 2 heteroatoms. The fourth-order valence-corrected chi connectivity index (χ4v) is 2.49. The Labute approximate surface area is 118 Å². The molecule has 0 saturated heterocycles. The van der Waals surface area contributed by atoms with E-state index in [1.165, 1.54) is 22.1 Å². The summed E-state index contributed by atoms with van der Waals surface area (Å²) in [4.78, 5) is 0. The standard InChI is InChI=1S/C18H16N2/c1-13-3-4-16(9-14(13)2)12-20-8-7-17-6-5-15(11-19)10-18(17)20/h3-10H,12H2,1-2H3. The summed E-state index contributed by atoms with van der Waals surface area (Å²) >= 11 is 0. The third-order valence-corrected chi connectivity index (χ3v) is 3.83. The molecule has 3 aromatic rings. The quantitative estimate of drug-likeness (QED) is 0.679. The summed E-state index contributed by atoms with van der Waals surface area (Å²) in [5.41, 5.74) is 5.74. The summed E-state index contributed by atoms with van der Waals surface area (Å²) in [6.07, 6.45) is 2.08. The van der Waals surface area contributed by atoms with Crippen molar-refractivity contribution in [3.05, 3.63) is 70.9 Å². The van der Waals surface area contributed by atoms with Crippen LogP contribution in [-0.2, 0) is 6.54 Å². The molecule has 0 amide bonds. The Hall–Kier alpha value is -2.53. The first-order valence-electron chi connectivity index (χ1n) is 6.72. The van der Waals surface area contributed by atoms with Crippen molar-refractivity contribution >= 4 is 10.9 Å². The minimum absolute atomic E-state index is 0.706. The zero-order valence-electron chi connectivity index (χ0n) is 11.7. The Morgan fingerprint density at radius 2 is 1.85 bits per heavy atom. The van der Waals surface area contributed by atoms with Gasteiger partial charge in [0.1, 0.15) is 0 Å². The molecular formula is C18H16N2. The van der Waals surface area contributed by atoms with Gasteiger partial charge < -0.3 is 4.57 Å². The van der Waals surface area contributed by atoms with E-state index in [-0.39, 0.29) is 0 Å². The average molecular weight is 260 g/mol. The first kappa shape index (κ1) is 12.5. The number of rotatable bonds is 2. The summed E-state index contributed by atoms with van der Waals surface area (Å²) in [6.45, 7) is 5.10. The van der Waals surface area contributed by atoms with Gasteiger partial charge in [0.2, 0.25) is 0 Å². The van der Waals surface area contributed by atoms with Crippen LogP contribution in [0.5, 0.6) is 0 Å². The smallest absolute Gasteiger partial charge is 0.0992 e. The van der Waals surface area contributed by atoms with Gasteiger partial charge in [-0.1, -0.05) is 24.3 Å². The van der Waals surface area contributed by atoms with E-state index < -0.39 is 0 Å². The van der Waals surface area contributed by atoms with Crippen molar-refractivity contribution in [2.45, 2.75) is 20.4 Å². The molecule has 0 aliphatic carbocycles. The number of hydrogen-bond donors (Lipinski definition) is 0. The molecule has 2 nitrogen and oxygen atoms in total. The van der Waals surface area contributed by atoms with E-state index in [2.05, 4.69) is 54.9 Å². The first-order chi connectivity index (χ1) is 9.67. The summed E-state index contributed by atoms with van der Waals surface area (Å²) in [7, 11) is 0. The maximum atomic E-state index is 9.02. The van der Waals surface area contributed by atoms with E-state index in [1.807, 2.05) is 18.2 Å². The third-order valence-electron chi connectivity index (χ3n) is 3.83. The number of nitriles is 1. The van der Waals surface area contributed by atoms with E-state index in [0.717, 1.165) is 12.1 Å². The monoisotopic (exact) mass is 260 g/mol. The molecule has 0 radical (unpaired) electrons. The van der Waals surface area contributed by atoms with Crippen LogP contribution in [0.3, 0.4) is 0 Å². The molecule has 0 N–H and O–H groups in total. The molecule has 3 rings (SSSR count). The molecule has 0 aliphatic heterocycles. The number of nitrogens with zero attached hydrogens (tertiary/aromatic N) is 2. The van der Waals surface area contributed by atoms with E-state index in [1.54, 1.807) is 0 Å². The van der Waals surface area contributed by atoms with Crippen molar-refractivity contribution in [1.82, 2.24) is 4.57 Å². The van der Waals surface area contributed by atoms with E-state index >= 15 is 0 Å². The topological polar surface area (TPSA) is 28.7 Å². The highest BCUT2D eigenvalue weighted by atomic mass is 14.9. The highest BCUT2D eigenvalue weighted by Crippen LogP contribution is 2.19. The largest absolute Gasteiger partial charge is 0.343 e. The predicted octanol–water partition coefficient (Wildman–Crippen LogP) is 4.18. The lowest BCUT2D eigenvalue weighted by atomic mass is 10.1. The highest BCUT2D eigenvalue weighted by Gasteiger charge is 2.04. The SMILES string of the molecule is Cc1ccc(Cn2ccc3ccc(C#N)cc32)cc1C. The fourth-order valence-electron chi connectivity index (χ4n) is 2.49. The van der Waals surface area contributed by atoms with Gasteiger partial charge in [0.05, 0.1) is 11.6 Å². The summed E-state index contributed by atoms with van der Waals surface area (Å²) < 4.78 is 2.19. The Morgan fingerprint density at radius 3 is 2.60 bits per heavy atom. The van der Waals surface area contributed by atoms with Crippen LogP contribution < -0.4 is 0 Å². The average Bonchev–Trinajstić information content (AvgIpc) is 2.85. The molecule has 0 fully saturated rings. The van der Waals surface area contributed by atoms with Gasteiger partial charge in [-0.3, -0.25) is 0 Å². The van der Waals surface area contributed by atoms with Crippen molar-refractivity contribution in [2.75, 3.05) is 0 Å². The maximum Gasteiger partial charge on any atom is 0.0992 e. The molecule has 0 spiro atoms. The molecule has 0 aliphatic rings. The zero-order valence-corrected chi connectivity index (χ0v) is 11.7. The lowest BCUT2D eigenvalue weighted by molar-refractivity contribution is 0.835. The van der Waals surface area contributed by atoms with Crippen LogP contribution in [0.4, 0.5) is 0 Å². The number of benzene rings is 2. The summed E-state index contributed by atoms with van der Waals surface area (Å²) in [6, 6.07) is 16.7. The predicted molar refractivity (Wildman–Crippen MR) is 81.7 cm³/mol. The van der Waals surface area contributed by atoms with Crippen LogP contribution in [0, 0.1) is 25.2 Å². The highest BCUT2D eigenvalue weighted by molar-refractivity contribution is 5.81. The van der Waals surface area contributed by atoms with Crippen molar-refractivity contribution in [3.8, 4) is 6.07 Å². The van der Waals surface area contributed by atoms with Gasteiger partial charge in [-0.05, 0) is 54.1 Å². The van der Waals surface area contributed by atoms with Gasteiger partial charge in [-0.15, -0.1) is 0 Å². The Balaban J connectivity index is 2.02. The van der Waals surface area contributed by atoms with Crippen LogP contribution in [0.1, 0.15) is 22.3 Å². The van der Waals surface area contributed by atoms with Crippen LogP contribution in [-0.4, -0.2) is 4.57 Å². The minimum atomic E-state index is 0.706. The van der Waals surface area contributed by atoms with Gasteiger partial charge in [0.25, 0.3) is 0 Å². The van der Waals surface area contributed by atoms with Crippen LogP contribution in [0.2, 0.25) is 0 Å². The van der Waals surface area contributed by atoms with Crippen molar-refractivity contribution in [1.29, 1.82) is 5.26 Å². The molecular weight excluding hydrogens is 244 g/mol. The third kappa shape index (κ3) is 2.19. The number of hydrogen-bond acceptors (Lipinski definition) is 1. The molecule has 0 atom stereocenters. The molecule has 2 aromatic carbocycles. The Bertz CT molecular complexity index is 819. The van der Waals surface area contributed by atoms with Gasteiger partial charge in [-0.25, -0.2) is 0 Å². The number of aryl methyl sites for hydroxylation is 2. The van der Waals surface area contributed by atoms with Gasteiger partial charge in [0, 0.05) is 18.3 Å². The second-order valence-electron chi connectivity index (χ2n) is 5.25. The normalized spacial score (nSPS) is 10.7. The van der Waals surface area contributed by atoms with Gasteiger partial charge in [0.15, 0.2) is 0 Å². The van der Waals surface area contributed by atoms with Crippen LogP contribution in [0.15, 0.2) is 48.7 Å². The first-order valence-corrected chi connectivity index (χ1v) is 6.72. The molecule has 98 valence electrons. The van der Waals surface area contributed by atoms with Gasteiger partial charge >= 0.3 is 0 Å². The second kappa shape index (κ2) is 4.86. The summed E-state index contributed by atoms with van der Waals surface area (Å²) in [5, 5.41) is 10.2. The molecule has 0 bridgehead atoms. The molecule has 20 heavy (non-hydrogen) atoms. The lowest BCUT2D eigenvalue weighted by Crippen LogP contribution is -1.98. The number of aromatic nitrogens is 1. The summed E-state index contributed by atoms with van der Waals surface area (Å²) in [5.74, 6) is 0. The van der Waals surface area contributed by atoms with Crippen LogP contribution >= 0.6 is 0 Å².